The van der Waals surface area contributed by atoms with Crippen molar-refractivity contribution in [2.45, 2.75) is 19.4 Å². The molecule has 0 radical (unpaired) electrons. The van der Waals surface area contributed by atoms with E-state index in [0.717, 1.165) is 17.0 Å². The summed E-state index contributed by atoms with van der Waals surface area (Å²) in [5, 5.41) is 0. The van der Waals surface area contributed by atoms with Crippen LogP contribution in [0.5, 0.6) is 5.75 Å². The summed E-state index contributed by atoms with van der Waals surface area (Å²) >= 11 is 0. The van der Waals surface area contributed by atoms with Gasteiger partial charge in [0.05, 0.1) is 24.3 Å². The Morgan fingerprint density at radius 1 is 1.09 bits per heavy atom. The summed E-state index contributed by atoms with van der Waals surface area (Å²) in [5.74, 6) is -4.56. The molecule has 8 nitrogen and oxygen atoms in total. The number of halogens is 2. The van der Waals surface area contributed by atoms with Crippen molar-refractivity contribution in [3.8, 4) is 5.75 Å². The zero-order chi connectivity index (χ0) is 24.4. The van der Waals surface area contributed by atoms with Crippen molar-refractivity contribution in [3.05, 3.63) is 64.7 Å². The molecule has 34 heavy (non-hydrogen) atoms. The number of hydrogen-bond donors (Lipinski definition) is 0. The smallest absolute Gasteiger partial charge is 0.262 e. The molecule has 0 aliphatic carbocycles. The molecule has 2 aromatic rings. The monoisotopic (exact) mass is 472 g/mol. The normalized spacial score (nSPS) is 17.7. The van der Waals surface area contributed by atoms with Crippen molar-refractivity contribution < 1.29 is 37.4 Å². The fraction of sp³-hybridized carbons (Fsp3) is 0.333. The summed E-state index contributed by atoms with van der Waals surface area (Å²) in [4.78, 5) is 51.8. The van der Waals surface area contributed by atoms with E-state index in [1.807, 2.05) is 0 Å². The summed E-state index contributed by atoms with van der Waals surface area (Å²) in [6.07, 6.45) is -0.574. The molecule has 1 fully saturated rings. The van der Waals surface area contributed by atoms with E-state index in [2.05, 4.69) is 0 Å². The number of hydrogen-bond acceptors (Lipinski definition) is 6. The Morgan fingerprint density at radius 2 is 1.71 bits per heavy atom. The molecule has 2 aliphatic rings. The van der Waals surface area contributed by atoms with E-state index in [9.17, 15) is 28.0 Å². The van der Waals surface area contributed by atoms with Crippen LogP contribution >= 0.6 is 0 Å². The van der Waals surface area contributed by atoms with E-state index < -0.39 is 53.5 Å². The molecule has 178 valence electrons. The number of carbonyl (C=O) groups excluding carboxylic acids is 4. The van der Waals surface area contributed by atoms with Crippen molar-refractivity contribution in [1.29, 1.82) is 0 Å². The maximum Gasteiger partial charge on any atom is 0.262 e. The third-order valence-corrected chi connectivity index (χ3v) is 5.72. The molecule has 2 aromatic carbocycles. The summed E-state index contributed by atoms with van der Waals surface area (Å²) in [6.45, 7) is 1.36. The molecule has 4 rings (SSSR count). The van der Waals surface area contributed by atoms with E-state index in [1.165, 1.54) is 17.0 Å². The van der Waals surface area contributed by atoms with Gasteiger partial charge in [0.1, 0.15) is 19.3 Å². The van der Waals surface area contributed by atoms with Crippen LogP contribution in [0.3, 0.4) is 0 Å². The van der Waals surface area contributed by atoms with E-state index in [4.69, 9.17) is 9.47 Å². The maximum absolute atomic E-state index is 14.3. The average molecular weight is 472 g/mol. The average Bonchev–Trinajstić information content (AvgIpc) is 3.08. The Bertz CT molecular complexity index is 1110. The maximum atomic E-state index is 14.3. The molecule has 2 aliphatic heterocycles. The van der Waals surface area contributed by atoms with Gasteiger partial charge in [-0.2, -0.15) is 0 Å². The Balaban J connectivity index is 1.36. The van der Waals surface area contributed by atoms with Crippen LogP contribution in [-0.2, 0) is 9.53 Å². The molecular weight excluding hydrogens is 450 g/mol. The Kier molecular flexibility index (Phi) is 6.69. The third-order valence-electron chi connectivity index (χ3n) is 5.72. The predicted octanol–water partition coefficient (Wildman–Crippen LogP) is 2.46. The van der Waals surface area contributed by atoms with Gasteiger partial charge in [0.15, 0.2) is 23.2 Å². The number of ketones is 1. The number of ether oxygens (including phenoxy) is 2. The first-order chi connectivity index (χ1) is 16.3. The van der Waals surface area contributed by atoms with E-state index in [-0.39, 0.29) is 49.4 Å². The third kappa shape index (κ3) is 4.54. The standard InChI is InChI=1S/C24H22F2N2O6/c1-2-20(29)14-9-18(25)22(19(26)10-14)34-13-15-11-27(7-8-33-15)21(30)12-28-23(31)16-5-3-4-6-17(16)24(28)32/h3-6,9-10,15H,2,7-8,11-13H2,1H3. The van der Waals surface area contributed by atoms with Crippen LogP contribution in [0.4, 0.5) is 8.78 Å². The Morgan fingerprint density at radius 3 is 2.29 bits per heavy atom. The van der Waals surface area contributed by atoms with E-state index >= 15 is 0 Å². The molecule has 0 saturated carbocycles. The minimum atomic E-state index is -1.01. The number of amides is 3. The van der Waals surface area contributed by atoms with Crippen LogP contribution in [0.25, 0.3) is 0 Å². The Labute approximate surface area is 194 Å². The summed E-state index contributed by atoms with van der Waals surface area (Å²) in [5.41, 5.74) is 0.428. The zero-order valence-electron chi connectivity index (χ0n) is 18.4. The largest absolute Gasteiger partial charge is 0.485 e. The quantitative estimate of drug-likeness (QED) is 0.454. The molecule has 0 spiro atoms. The van der Waals surface area contributed by atoms with Crippen LogP contribution in [0.15, 0.2) is 36.4 Å². The highest BCUT2D eigenvalue weighted by atomic mass is 19.1. The molecule has 1 atom stereocenters. The molecule has 0 bridgehead atoms. The summed E-state index contributed by atoms with van der Waals surface area (Å²) < 4.78 is 39.4. The second-order valence-corrected chi connectivity index (χ2v) is 7.93. The minimum absolute atomic E-state index is 0.0532. The number of Topliss-reactive ketones (excluding diaryl/α,β-unsaturated/α-hetero) is 1. The minimum Gasteiger partial charge on any atom is -0.485 e. The molecule has 10 heteroatoms. The second-order valence-electron chi connectivity index (χ2n) is 7.93. The van der Waals surface area contributed by atoms with Crippen molar-refractivity contribution in [2.75, 3.05) is 32.8 Å². The van der Waals surface area contributed by atoms with Crippen molar-refractivity contribution in [1.82, 2.24) is 9.80 Å². The Hall–Kier alpha value is -3.66. The van der Waals surface area contributed by atoms with Crippen molar-refractivity contribution in [3.63, 3.8) is 0 Å². The van der Waals surface area contributed by atoms with E-state index in [1.54, 1.807) is 19.1 Å². The number of benzene rings is 2. The van der Waals surface area contributed by atoms with Crippen LogP contribution in [0, 0.1) is 11.6 Å². The highest BCUT2D eigenvalue weighted by Gasteiger charge is 2.37. The van der Waals surface area contributed by atoms with Gasteiger partial charge in [-0.15, -0.1) is 0 Å². The van der Waals surface area contributed by atoms with Gasteiger partial charge in [-0.1, -0.05) is 19.1 Å². The molecule has 0 aromatic heterocycles. The van der Waals surface area contributed by atoms with Gasteiger partial charge in [-0.05, 0) is 24.3 Å². The number of nitrogens with zero attached hydrogens (tertiary/aromatic N) is 2. The van der Waals surface area contributed by atoms with Gasteiger partial charge in [-0.3, -0.25) is 24.1 Å². The number of morpholine rings is 1. The molecule has 0 N–H and O–H groups in total. The fourth-order valence-electron chi connectivity index (χ4n) is 3.90. The lowest BCUT2D eigenvalue weighted by atomic mass is 10.1. The van der Waals surface area contributed by atoms with Gasteiger partial charge in [0.25, 0.3) is 11.8 Å². The first-order valence-electron chi connectivity index (χ1n) is 10.8. The lowest BCUT2D eigenvalue weighted by Gasteiger charge is -2.33. The van der Waals surface area contributed by atoms with Crippen LogP contribution in [-0.4, -0.2) is 72.3 Å². The molecule has 3 amide bonds. The molecule has 1 unspecified atom stereocenters. The predicted molar refractivity (Wildman–Crippen MR) is 115 cm³/mol. The van der Waals surface area contributed by atoms with Gasteiger partial charge in [0.2, 0.25) is 5.91 Å². The van der Waals surface area contributed by atoms with Crippen molar-refractivity contribution >= 4 is 23.5 Å². The van der Waals surface area contributed by atoms with Crippen LogP contribution in [0.1, 0.15) is 44.4 Å². The first-order valence-corrected chi connectivity index (χ1v) is 10.8. The lowest BCUT2D eigenvalue weighted by Crippen LogP contribution is -2.51. The first kappa shape index (κ1) is 23.5. The topological polar surface area (TPSA) is 93.2 Å². The van der Waals surface area contributed by atoms with Gasteiger partial charge >= 0.3 is 0 Å². The number of fused-ring (bicyclic) bond motifs is 1. The van der Waals surface area contributed by atoms with Crippen LogP contribution < -0.4 is 4.74 Å². The second kappa shape index (κ2) is 9.68. The molecule has 2 heterocycles. The van der Waals surface area contributed by atoms with Crippen molar-refractivity contribution in [2.24, 2.45) is 0 Å². The number of rotatable bonds is 7. The molecule has 1 saturated heterocycles. The van der Waals surface area contributed by atoms with E-state index in [0.29, 0.717) is 0 Å². The number of imide groups is 1. The van der Waals surface area contributed by atoms with Gasteiger partial charge in [0, 0.05) is 18.5 Å². The van der Waals surface area contributed by atoms with Gasteiger partial charge < -0.3 is 14.4 Å². The lowest BCUT2D eigenvalue weighted by molar-refractivity contribution is -0.140. The molecular formula is C24H22F2N2O6. The zero-order valence-corrected chi connectivity index (χ0v) is 18.4. The summed E-state index contributed by atoms with van der Waals surface area (Å²) in [7, 11) is 0. The fourth-order valence-corrected chi connectivity index (χ4v) is 3.90. The highest BCUT2D eigenvalue weighted by molar-refractivity contribution is 6.22. The van der Waals surface area contributed by atoms with Crippen LogP contribution in [0.2, 0.25) is 0 Å². The highest BCUT2D eigenvalue weighted by Crippen LogP contribution is 2.25. The SMILES string of the molecule is CCC(=O)c1cc(F)c(OCC2CN(C(=O)CN3C(=O)c4ccccc4C3=O)CCO2)c(F)c1. The number of carbonyl (C=O) groups is 4. The summed E-state index contributed by atoms with van der Waals surface area (Å²) in [6, 6.07) is 8.19. The van der Waals surface area contributed by atoms with Gasteiger partial charge in [-0.25, -0.2) is 8.78 Å².